The van der Waals surface area contributed by atoms with Crippen LogP contribution in [0.4, 0.5) is 10.1 Å². The SMILES string of the molecule is NC(=O)c1oc2ccc(F)cc2c1NC(=O)c1cccc(Oc2ccccc2)c1. The van der Waals surface area contributed by atoms with Crippen LogP contribution >= 0.6 is 0 Å². The quantitative estimate of drug-likeness (QED) is 0.516. The highest BCUT2D eigenvalue weighted by molar-refractivity contribution is 6.14. The molecule has 0 atom stereocenters. The van der Waals surface area contributed by atoms with Gasteiger partial charge in [-0.15, -0.1) is 0 Å². The number of hydrogen-bond acceptors (Lipinski definition) is 4. The first kappa shape index (κ1) is 18.2. The number of rotatable bonds is 5. The monoisotopic (exact) mass is 390 g/mol. The van der Waals surface area contributed by atoms with Gasteiger partial charge in [0.25, 0.3) is 11.8 Å². The molecule has 6 nitrogen and oxygen atoms in total. The van der Waals surface area contributed by atoms with Crippen LogP contribution in [0.3, 0.4) is 0 Å². The minimum Gasteiger partial charge on any atom is -0.457 e. The van der Waals surface area contributed by atoms with E-state index in [0.29, 0.717) is 11.5 Å². The van der Waals surface area contributed by atoms with Crippen molar-refractivity contribution in [1.29, 1.82) is 0 Å². The van der Waals surface area contributed by atoms with Crippen molar-refractivity contribution < 1.29 is 23.1 Å². The molecule has 0 fully saturated rings. The molecule has 0 aliphatic carbocycles. The van der Waals surface area contributed by atoms with Crippen molar-refractivity contribution in [3.63, 3.8) is 0 Å². The van der Waals surface area contributed by atoms with Gasteiger partial charge in [-0.3, -0.25) is 9.59 Å². The van der Waals surface area contributed by atoms with Gasteiger partial charge in [0.1, 0.15) is 28.6 Å². The van der Waals surface area contributed by atoms with Crippen LogP contribution in [0.25, 0.3) is 11.0 Å². The van der Waals surface area contributed by atoms with E-state index in [1.54, 1.807) is 36.4 Å². The van der Waals surface area contributed by atoms with Gasteiger partial charge in [-0.2, -0.15) is 0 Å². The summed E-state index contributed by atoms with van der Waals surface area (Å²) in [6.07, 6.45) is 0. The van der Waals surface area contributed by atoms with Gasteiger partial charge in [0, 0.05) is 10.9 Å². The summed E-state index contributed by atoms with van der Waals surface area (Å²) in [4.78, 5) is 24.5. The third-order valence-electron chi connectivity index (χ3n) is 4.19. The van der Waals surface area contributed by atoms with E-state index in [2.05, 4.69) is 5.32 Å². The fourth-order valence-electron chi connectivity index (χ4n) is 2.88. The highest BCUT2D eigenvalue weighted by Gasteiger charge is 2.21. The molecular formula is C22H15FN2O4. The summed E-state index contributed by atoms with van der Waals surface area (Å²) in [5.41, 5.74) is 5.87. The van der Waals surface area contributed by atoms with Crippen LogP contribution in [0.1, 0.15) is 20.9 Å². The Morgan fingerprint density at radius 3 is 2.45 bits per heavy atom. The number of ether oxygens (including phenoxy) is 1. The van der Waals surface area contributed by atoms with Gasteiger partial charge in [0.15, 0.2) is 0 Å². The molecular weight excluding hydrogens is 375 g/mol. The predicted octanol–water partition coefficient (Wildman–Crippen LogP) is 4.72. The molecule has 2 amide bonds. The second-order valence-electron chi connectivity index (χ2n) is 6.21. The number of nitrogens with one attached hydrogen (secondary N) is 1. The first-order valence-corrected chi connectivity index (χ1v) is 8.67. The molecule has 0 saturated heterocycles. The Hall–Kier alpha value is -4.13. The first-order valence-electron chi connectivity index (χ1n) is 8.67. The van der Waals surface area contributed by atoms with Gasteiger partial charge >= 0.3 is 0 Å². The Kier molecular flexibility index (Phi) is 4.70. The summed E-state index contributed by atoms with van der Waals surface area (Å²) in [6, 6.07) is 19.3. The zero-order chi connectivity index (χ0) is 20.4. The second-order valence-corrected chi connectivity index (χ2v) is 6.21. The minimum atomic E-state index is -0.877. The number of furan rings is 1. The van der Waals surface area contributed by atoms with E-state index in [0.717, 1.165) is 6.07 Å². The Balaban J connectivity index is 1.65. The van der Waals surface area contributed by atoms with E-state index in [-0.39, 0.29) is 28.0 Å². The van der Waals surface area contributed by atoms with Gasteiger partial charge in [-0.1, -0.05) is 24.3 Å². The average Bonchev–Trinajstić information content (AvgIpc) is 3.07. The molecule has 3 N–H and O–H groups in total. The van der Waals surface area contributed by atoms with E-state index in [4.69, 9.17) is 14.9 Å². The smallest absolute Gasteiger partial charge is 0.286 e. The van der Waals surface area contributed by atoms with Crippen LogP contribution in [-0.4, -0.2) is 11.8 Å². The van der Waals surface area contributed by atoms with Crippen molar-refractivity contribution in [1.82, 2.24) is 0 Å². The fourth-order valence-corrected chi connectivity index (χ4v) is 2.88. The maximum atomic E-state index is 13.7. The highest BCUT2D eigenvalue weighted by Crippen LogP contribution is 2.32. The summed E-state index contributed by atoms with van der Waals surface area (Å²) in [5.74, 6) is -1.12. The lowest BCUT2D eigenvalue weighted by Gasteiger charge is -2.08. The number of anilines is 1. The molecule has 3 aromatic carbocycles. The Bertz CT molecular complexity index is 1220. The molecule has 4 rings (SSSR count). The Morgan fingerprint density at radius 2 is 1.69 bits per heavy atom. The zero-order valence-corrected chi connectivity index (χ0v) is 15.0. The van der Waals surface area contributed by atoms with Gasteiger partial charge in [-0.05, 0) is 48.5 Å². The van der Waals surface area contributed by atoms with Crippen molar-refractivity contribution in [2.45, 2.75) is 0 Å². The predicted molar refractivity (Wildman–Crippen MR) is 106 cm³/mol. The third-order valence-corrected chi connectivity index (χ3v) is 4.19. The molecule has 0 radical (unpaired) electrons. The summed E-state index contributed by atoms with van der Waals surface area (Å²) in [6.45, 7) is 0. The number of carbonyl (C=O) groups is 2. The number of fused-ring (bicyclic) bond motifs is 1. The number of nitrogens with two attached hydrogens (primary N) is 1. The number of carbonyl (C=O) groups excluding carboxylic acids is 2. The van der Waals surface area contributed by atoms with E-state index >= 15 is 0 Å². The molecule has 0 unspecified atom stereocenters. The number of hydrogen-bond donors (Lipinski definition) is 2. The minimum absolute atomic E-state index is 0.0198. The molecule has 29 heavy (non-hydrogen) atoms. The molecule has 0 bridgehead atoms. The molecule has 1 heterocycles. The van der Waals surface area contributed by atoms with Gasteiger partial charge in [0.2, 0.25) is 5.76 Å². The van der Waals surface area contributed by atoms with E-state index in [9.17, 15) is 14.0 Å². The molecule has 144 valence electrons. The normalized spacial score (nSPS) is 10.7. The molecule has 0 saturated carbocycles. The summed E-state index contributed by atoms with van der Waals surface area (Å²) in [5, 5.41) is 2.83. The van der Waals surface area contributed by atoms with Crippen molar-refractivity contribution >= 4 is 28.5 Å². The van der Waals surface area contributed by atoms with Crippen LogP contribution < -0.4 is 15.8 Å². The topological polar surface area (TPSA) is 94.6 Å². The van der Waals surface area contributed by atoms with Crippen LogP contribution in [0.2, 0.25) is 0 Å². The Labute approximate surface area is 164 Å². The van der Waals surface area contributed by atoms with Crippen molar-refractivity contribution in [2.24, 2.45) is 5.73 Å². The van der Waals surface area contributed by atoms with E-state index < -0.39 is 17.6 Å². The van der Waals surface area contributed by atoms with Crippen LogP contribution in [-0.2, 0) is 0 Å². The first-order chi connectivity index (χ1) is 14.0. The van der Waals surface area contributed by atoms with Crippen LogP contribution in [0, 0.1) is 5.82 Å². The average molecular weight is 390 g/mol. The van der Waals surface area contributed by atoms with Crippen LogP contribution in [0.15, 0.2) is 77.2 Å². The number of benzene rings is 3. The van der Waals surface area contributed by atoms with Crippen molar-refractivity contribution in [3.8, 4) is 11.5 Å². The van der Waals surface area contributed by atoms with Crippen LogP contribution in [0.5, 0.6) is 11.5 Å². The lowest BCUT2D eigenvalue weighted by atomic mass is 10.1. The molecule has 0 aliphatic heterocycles. The molecule has 0 spiro atoms. The van der Waals surface area contributed by atoms with E-state index in [1.165, 1.54) is 12.1 Å². The third kappa shape index (κ3) is 3.79. The van der Waals surface area contributed by atoms with Gasteiger partial charge in [-0.25, -0.2) is 4.39 Å². The van der Waals surface area contributed by atoms with Gasteiger partial charge < -0.3 is 20.2 Å². The molecule has 7 heteroatoms. The maximum Gasteiger partial charge on any atom is 0.286 e. The number of amides is 2. The molecule has 0 aliphatic rings. The Morgan fingerprint density at radius 1 is 0.931 bits per heavy atom. The maximum absolute atomic E-state index is 13.7. The number of para-hydroxylation sites is 1. The lowest BCUT2D eigenvalue weighted by Crippen LogP contribution is -2.17. The zero-order valence-electron chi connectivity index (χ0n) is 15.0. The summed E-state index contributed by atoms with van der Waals surface area (Å²) < 4.78 is 24.8. The molecule has 1 aromatic heterocycles. The molecule has 4 aromatic rings. The van der Waals surface area contributed by atoms with Crippen molar-refractivity contribution in [3.05, 3.63) is 89.9 Å². The largest absolute Gasteiger partial charge is 0.457 e. The van der Waals surface area contributed by atoms with Gasteiger partial charge in [0.05, 0.1) is 0 Å². The summed E-state index contributed by atoms with van der Waals surface area (Å²) in [7, 11) is 0. The highest BCUT2D eigenvalue weighted by atomic mass is 19.1. The standard InChI is InChI=1S/C22H15FN2O4/c23-14-9-10-18-17(12-14)19(20(29-18)21(24)26)25-22(27)13-5-4-8-16(11-13)28-15-6-2-1-3-7-15/h1-12H,(H2,24,26)(H,25,27). The van der Waals surface area contributed by atoms with E-state index in [1.807, 2.05) is 18.2 Å². The van der Waals surface area contributed by atoms with Crippen molar-refractivity contribution in [2.75, 3.05) is 5.32 Å². The lowest BCUT2D eigenvalue weighted by molar-refractivity contribution is 0.0977. The summed E-state index contributed by atoms with van der Waals surface area (Å²) >= 11 is 0. The fraction of sp³-hybridized carbons (Fsp3) is 0. The number of primary amides is 1. The second kappa shape index (κ2) is 7.47. The number of halogens is 1.